The van der Waals surface area contributed by atoms with Gasteiger partial charge in [-0.25, -0.2) is 0 Å². The molecule has 0 saturated heterocycles. The second-order valence-electron chi connectivity index (χ2n) is 8.20. The van der Waals surface area contributed by atoms with E-state index in [0.717, 1.165) is 27.1 Å². The molecule has 0 spiro atoms. The van der Waals surface area contributed by atoms with Gasteiger partial charge in [-0.1, -0.05) is 77.2 Å². The third-order valence-corrected chi connectivity index (χ3v) is 6.95. The maximum Gasteiger partial charge on any atom is 0.0567 e. The van der Waals surface area contributed by atoms with E-state index in [4.69, 9.17) is 0 Å². The van der Waals surface area contributed by atoms with Crippen molar-refractivity contribution < 1.29 is 0 Å². The molecule has 2 rings (SSSR count). The maximum atomic E-state index is 3.51. The van der Waals surface area contributed by atoms with Gasteiger partial charge in [-0.2, -0.15) is 0 Å². The van der Waals surface area contributed by atoms with Crippen molar-refractivity contribution in [3.63, 3.8) is 0 Å². The Bertz CT molecular complexity index is 330. The monoisotopic (exact) mass is 446 g/mol. The summed E-state index contributed by atoms with van der Waals surface area (Å²) >= 11 is 7.02. The summed E-state index contributed by atoms with van der Waals surface area (Å²) in [5.41, 5.74) is 0. The van der Waals surface area contributed by atoms with Crippen molar-refractivity contribution in [1.82, 2.24) is 0 Å². The molecule has 0 aliphatic heterocycles. The molecule has 0 bridgehead atoms. The van der Waals surface area contributed by atoms with E-state index in [2.05, 4.69) is 44.9 Å². The van der Waals surface area contributed by atoms with Gasteiger partial charge in [0, 0.05) is 0 Å². The second-order valence-corrected chi connectivity index (χ2v) is 11.0. The van der Waals surface area contributed by atoms with Gasteiger partial charge in [-0.3, -0.25) is 0 Å². The highest BCUT2D eigenvalue weighted by molar-refractivity contribution is 9.28. The van der Waals surface area contributed by atoms with Crippen molar-refractivity contribution in [2.75, 3.05) is 0 Å². The number of unbranched alkanes of at least 4 members (excludes halogenated alkanes) is 2. The van der Waals surface area contributed by atoms with E-state index in [1.165, 1.54) is 89.9 Å². The first-order valence-corrected chi connectivity index (χ1v) is 11.8. The average molecular weight is 448 g/mol. The molecule has 2 saturated carbocycles. The normalized spacial score (nSPS) is 31.8. The van der Waals surface area contributed by atoms with Gasteiger partial charge < -0.3 is 0 Å². The van der Waals surface area contributed by atoms with Crippen LogP contribution in [0.4, 0.5) is 0 Å². The zero-order valence-corrected chi connectivity index (χ0v) is 18.2. The smallest absolute Gasteiger partial charge is 0.0567 e. The SMILES string of the molecule is CCCCC[C@H]1CC[C@H](CC[C@H]2CC[C@H](C=C(Br)Br)CC2)CC1. The first kappa shape index (κ1) is 20.0. The summed E-state index contributed by atoms with van der Waals surface area (Å²) < 4.78 is 1.14. The van der Waals surface area contributed by atoms with Gasteiger partial charge in [0.1, 0.15) is 0 Å². The van der Waals surface area contributed by atoms with Crippen LogP contribution in [0, 0.1) is 23.7 Å². The highest BCUT2D eigenvalue weighted by Gasteiger charge is 2.24. The third-order valence-electron chi connectivity index (χ3n) is 6.42. The predicted molar refractivity (Wildman–Crippen MR) is 110 cm³/mol. The lowest BCUT2D eigenvalue weighted by Crippen LogP contribution is -2.17. The Labute approximate surface area is 161 Å². The molecule has 0 aromatic heterocycles. The molecular formula is C21H36Br2. The number of allylic oxidation sites excluding steroid dienone is 1. The van der Waals surface area contributed by atoms with Gasteiger partial charge in [-0.05, 0) is 81.2 Å². The highest BCUT2D eigenvalue weighted by atomic mass is 79.9. The molecule has 2 fully saturated rings. The van der Waals surface area contributed by atoms with Crippen molar-refractivity contribution >= 4 is 31.9 Å². The topological polar surface area (TPSA) is 0 Å². The molecule has 0 aromatic carbocycles. The summed E-state index contributed by atoms with van der Waals surface area (Å²) in [7, 11) is 0. The Balaban J connectivity index is 1.55. The van der Waals surface area contributed by atoms with Crippen molar-refractivity contribution in [2.45, 2.75) is 96.8 Å². The lowest BCUT2D eigenvalue weighted by atomic mass is 9.75. The molecule has 0 N–H and O–H groups in total. The Morgan fingerprint density at radius 1 is 0.739 bits per heavy atom. The molecule has 0 unspecified atom stereocenters. The number of hydrogen-bond donors (Lipinski definition) is 0. The minimum Gasteiger partial charge on any atom is -0.0654 e. The molecule has 0 amide bonds. The fourth-order valence-electron chi connectivity index (χ4n) is 4.78. The molecule has 23 heavy (non-hydrogen) atoms. The van der Waals surface area contributed by atoms with Gasteiger partial charge in [0.15, 0.2) is 0 Å². The molecular weight excluding hydrogens is 412 g/mol. The molecule has 0 aromatic rings. The molecule has 0 radical (unpaired) electrons. The standard InChI is InChI=1S/C21H36Br2/c1-2-3-4-5-17-6-8-18(9-7-17)10-11-19-12-14-20(15-13-19)16-21(22)23/h16-20H,2-15H2,1H3/t17-,18-,19-,20-. The lowest BCUT2D eigenvalue weighted by molar-refractivity contribution is 0.219. The Morgan fingerprint density at radius 2 is 1.22 bits per heavy atom. The molecule has 2 aliphatic rings. The van der Waals surface area contributed by atoms with Crippen molar-refractivity contribution in [2.24, 2.45) is 23.7 Å². The van der Waals surface area contributed by atoms with Crippen molar-refractivity contribution in [3.8, 4) is 0 Å². The van der Waals surface area contributed by atoms with E-state index in [9.17, 15) is 0 Å². The summed E-state index contributed by atoms with van der Waals surface area (Å²) in [5.74, 6) is 3.96. The average Bonchev–Trinajstić information content (AvgIpc) is 2.55. The summed E-state index contributed by atoms with van der Waals surface area (Å²) in [6.07, 6.45) is 23.1. The van der Waals surface area contributed by atoms with E-state index in [1.54, 1.807) is 0 Å². The van der Waals surface area contributed by atoms with Crippen LogP contribution in [0.5, 0.6) is 0 Å². The lowest BCUT2D eigenvalue weighted by Gasteiger charge is -2.31. The van der Waals surface area contributed by atoms with E-state index in [-0.39, 0.29) is 0 Å². The molecule has 134 valence electrons. The van der Waals surface area contributed by atoms with Crippen LogP contribution in [0.1, 0.15) is 96.8 Å². The quantitative estimate of drug-likeness (QED) is 0.326. The summed E-state index contributed by atoms with van der Waals surface area (Å²) in [6, 6.07) is 0. The fraction of sp³-hybridized carbons (Fsp3) is 0.905. The van der Waals surface area contributed by atoms with Crippen LogP contribution >= 0.6 is 31.9 Å². The van der Waals surface area contributed by atoms with Gasteiger partial charge >= 0.3 is 0 Å². The summed E-state index contributed by atoms with van der Waals surface area (Å²) in [6.45, 7) is 2.32. The van der Waals surface area contributed by atoms with Crippen LogP contribution in [0.3, 0.4) is 0 Å². The van der Waals surface area contributed by atoms with E-state index in [1.807, 2.05) is 0 Å². The maximum absolute atomic E-state index is 3.51. The van der Waals surface area contributed by atoms with Crippen LogP contribution in [0.15, 0.2) is 9.47 Å². The van der Waals surface area contributed by atoms with Crippen LogP contribution in [-0.2, 0) is 0 Å². The number of rotatable bonds is 8. The van der Waals surface area contributed by atoms with E-state index in [0.29, 0.717) is 0 Å². The Hall–Kier alpha value is 0.700. The Kier molecular flexibility index (Phi) is 9.87. The molecule has 2 aliphatic carbocycles. The third kappa shape index (κ3) is 8.08. The van der Waals surface area contributed by atoms with Gasteiger partial charge in [0.05, 0.1) is 3.39 Å². The van der Waals surface area contributed by atoms with Crippen LogP contribution in [-0.4, -0.2) is 0 Å². The largest absolute Gasteiger partial charge is 0.0654 e. The van der Waals surface area contributed by atoms with Crippen LogP contribution < -0.4 is 0 Å². The predicted octanol–water partition coefficient (Wildman–Crippen LogP) is 8.59. The summed E-state index contributed by atoms with van der Waals surface area (Å²) in [5, 5.41) is 0. The molecule has 0 nitrogen and oxygen atoms in total. The minimum atomic E-state index is 0.804. The first-order valence-electron chi connectivity index (χ1n) is 10.2. The second kappa shape index (κ2) is 11.3. The van der Waals surface area contributed by atoms with Gasteiger partial charge in [0.25, 0.3) is 0 Å². The minimum absolute atomic E-state index is 0.804. The summed E-state index contributed by atoms with van der Waals surface area (Å²) in [4.78, 5) is 0. The number of halogens is 2. The molecule has 0 atom stereocenters. The molecule has 2 heteroatoms. The Morgan fingerprint density at radius 3 is 1.70 bits per heavy atom. The highest BCUT2D eigenvalue weighted by Crippen LogP contribution is 2.38. The van der Waals surface area contributed by atoms with Crippen molar-refractivity contribution in [1.29, 1.82) is 0 Å². The first-order chi connectivity index (χ1) is 11.2. The number of hydrogen-bond acceptors (Lipinski definition) is 0. The fourth-order valence-corrected chi connectivity index (χ4v) is 5.53. The van der Waals surface area contributed by atoms with Gasteiger partial charge in [-0.15, -0.1) is 0 Å². The van der Waals surface area contributed by atoms with E-state index < -0.39 is 0 Å². The van der Waals surface area contributed by atoms with Crippen LogP contribution in [0.25, 0.3) is 0 Å². The van der Waals surface area contributed by atoms with E-state index >= 15 is 0 Å². The van der Waals surface area contributed by atoms with Crippen LogP contribution in [0.2, 0.25) is 0 Å². The van der Waals surface area contributed by atoms with Crippen molar-refractivity contribution in [3.05, 3.63) is 9.47 Å². The van der Waals surface area contributed by atoms with Gasteiger partial charge in [0.2, 0.25) is 0 Å². The zero-order chi connectivity index (χ0) is 16.5. The molecule has 0 heterocycles. The zero-order valence-electron chi connectivity index (χ0n) is 15.0.